The average molecular weight is 515 g/mol. The molecule has 1 N–H and O–H groups in total. The van der Waals surface area contributed by atoms with E-state index >= 15 is 0 Å². The highest BCUT2D eigenvalue weighted by molar-refractivity contribution is 8.18. The van der Waals surface area contributed by atoms with Crippen molar-refractivity contribution in [3.05, 3.63) is 106 Å². The minimum absolute atomic E-state index is 0.193. The van der Waals surface area contributed by atoms with E-state index in [0.717, 1.165) is 33.3 Å². The molecule has 1 aliphatic rings. The summed E-state index contributed by atoms with van der Waals surface area (Å²) in [6.07, 6.45) is 1.88. The summed E-state index contributed by atoms with van der Waals surface area (Å²) in [5.41, 5.74) is 2.59. The molecule has 36 heavy (non-hydrogen) atoms. The highest BCUT2D eigenvalue weighted by Gasteiger charge is 2.25. The van der Waals surface area contributed by atoms with Crippen LogP contribution in [-0.2, 0) is 11.4 Å². The first-order valence-corrected chi connectivity index (χ1v) is 12.7. The lowest BCUT2D eigenvalue weighted by molar-refractivity contribution is -0.115. The van der Waals surface area contributed by atoms with E-state index in [1.54, 1.807) is 0 Å². The van der Waals surface area contributed by atoms with Gasteiger partial charge in [0.15, 0.2) is 5.17 Å². The van der Waals surface area contributed by atoms with Crippen molar-refractivity contribution in [1.82, 2.24) is 5.32 Å². The number of ether oxygens (including phenoxy) is 2. The van der Waals surface area contributed by atoms with E-state index in [1.165, 1.54) is 11.8 Å². The molecule has 1 amide bonds. The number of rotatable bonds is 7. The van der Waals surface area contributed by atoms with Crippen molar-refractivity contribution >= 4 is 57.0 Å². The summed E-state index contributed by atoms with van der Waals surface area (Å²) in [7, 11) is 0. The van der Waals surface area contributed by atoms with E-state index in [2.05, 4.69) is 10.3 Å². The number of carbonyl (C=O) groups excluding carboxylic acids is 1. The minimum atomic E-state index is -0.193. The number of carbonyl (C=O) groups is 1. The van der Waals surface area contributed by atoms with Crippen LogP contribution in [0.4, 0.5) is 5.69 Å². The van der Waals surface area contributed by atoms with Gasteiger partial charge in [-0.2, -0.15) is 0 Å². The molecule has 0 unspecified atom stereocenters. The van der Waals surface area contributed by atoms with E-state index in [0.29, 0.717) is 34.1 Å². The second kappa shape index (κ2) is 10.9. The van der Waals surface area contributed by atoms with Crippen LogP contribution in [0.5, 0.6) is 11.5 Å². The Morgan fingerprint density at radius 2 is 1.72 bits per heavy atom. The van der Waals surface area contributed by atoms with Gasteiger partial charge in [-0.15, -0.1) is 0 Å². The minimum Gasteiger partial charge on any atom is -0.494 e. The van der Waals surface area contributed by atoms with Crippen molar-refractivity contribution in [2.75, 3.05) is 6.61 Å². The fraction of sp³-hybridized carbons (Fsp3) is 0.103. The van der Waals surface area contributed by atoms with Gasteiger partial charge in [0.25, 0.3) is 5.91 Å². The van der Waals surface area contributed by atoms with Crippen molar-refractivity contribution in [3.8, 4) is 11.5 Å². The van der Waals surface area contributed by atoms with Crippen LogP contribution in [0.3, 0.4) is 0 Å². The topological polar surface area (TPSA) is 59.9 Å². The van der Waals surface area contributed by atoms with E-state index in [4.69, 9.17) is 21.1 Å². The third-order valence-corrected chi connectivity index (χ3v) is 6.70. The Hall–Kier alpha value is -3.74. The number of halogens is 1. The lowest BCUT2D eigenvalue weighted by atomic mass is 10.0. The molecule has 5 rings (SSSR count). The summed E-state index contributed by atoms with van der Waals surface area (Å²) in [6, 6.07) is 27.0. The van der Waals surface area contributed by atoms with Crippen molar-refractivity contribution < 1.29 is 14.3 Å². The molecule has 0 atom stereocenters. The molecule has 0 spiro atoms. The molecule has 0 aromatic heterocycles. The quantitative estimate of drug-likeness (QED) is 0.262. The van der Waals surface area contributed by atoms with Gasteiger partial charge in [0.05, 0.1) is 17.2 Å². The molecular weight excluding hydrogens is 492 g/mol. The third-order valence-electron chi connectivity index (χ3n) is 5.54. The zero-order chi connectivity index (χ0) is 24.9. The maximum atomic E-state index is 12.8. The van der Waals surface area contributed by atoms with Gasteiger partial charge >= 0.3 is 0 Å². The largest absolute Gasteiger partial charge is 0.494 e. The van der Waals surface area contributed by atoms with Crippen LogP contribution in [0, 0.1) is 0 Å². The Bertz CT molecular complexity index is 1460. The fourth-order valence-electron chi connectivity index (χ4n) is 3.80. The monoisotopic (exact) mass is 514 g/mol. The first kappa shape index (κ1) is 24.0. The maximum absolute atomic E-state index is 12.8. The van der Waals surface area contributed by atoms with Crippen molar-refractivity contribution in [1.29, 1.82) is 0 Å². The van der Waals surface area contributed by atoms with Crippen molar-refractivity contribution in [2.45, 2.75) is 13.5 Å². The van der Waals surface area contributed by atoms with E-state index in [-0.39, 0.29) is 5.91 Å². The molecule has 1 aliphatic heterocycles. The van der Waals surface area contributed by atoms with Gasteiger partial charge in [-0.3, -0.25) is 4.79 Å². The molecule has 5 nitrogen and oxygen atoms in total. The van der Waals surface area contributed by atoms with E-state index in [9.17, 15) is 4.79 Å². The molecule has 0 saturated carbocycles. The van der Waals surface area contributed by atoms with Crippen LogP contribution in [0.1, 0.15) is 18.1 Å². The second-order valence-corrected chi connectivity index (χ2v) is 9.49. The Morgan fingerprint density at radius 3 is 2.50 bits per heavy atom. The van der Waals surface area contributed by atoms with Gasteiger partial charge in [-0.05, 0) is 83.6 Å². The smallest absolute Gasteiger partial charge is 0.264 e. The normalized spacial score (nSPS) is 15.4. The molecule has 7 heteroatoms. The number of nitrogens with zero attached hydrogens (tertiary/aromatic N) is 1. The Morgan fingerprint density at radius 1 is 0.944 bits per heavy atom. The number of thioether (sulfide) groups is 1. The summed E-state index contributed by atoms with van der Waals surface area (Å²) in [4.78, 5) is 18.0. The van der Waals surface area contributed by atoms with Gasteiger partial charge in [0.1, 0.15) is 18.1 Å². The number of benzene rings is 4. The predicted octanol–water partition coefficient (Wildman–Crippen LogP) is 7.36. The van der Waals surface area contributed by atoms with E-state index in [1.807, 2.05) is 97.9 Å². The summed E-state index contributed by atoms with van der Waals surface area (Å²) >= 11 is 7.31. The van der Waals surface area contributed by atoms with Gasteiger partial charge in [-0.25, -0.2) is 4.99 Å². The maximum Gasteiger partial charge on any atom is 0.264 e. The SMILES string of the molecule is CCOc1ccc(N=C2NC(=O)/C(=C\c3c(OCc4ccc(Cl)cc4)ccc4ccccc34)S2)cc1. The van der Waals surface area contributed by atoms with E-state index < -0.39 is 0 Å². The Labute approximate surface area is 218 Å². The van der Waals surface area contributed by atoms with Gasteiger partial charge < -0.3 is 14.8 Å². The molecule has 0 bridgehead atoms. The standard InChI is InChI=1S/C29H23ClN2O3S/c1-2-34-23-14-12-22(13-15-23)31-29-32-28(33)27(36-29)17-25-24-6-4-3-5-20(24)9-16-26(25)35-18-19-7-10-21(30)11-8-19/h3-17H,2,18H2,1H3,(H,31,32,33)/b27-17+. The number of aliphatic imine (C=N–C) groups is 1. The number of nitrogens with one attached hydrogen (secondary N) is 1. The van der Waals surface area contributed by atoms with Crippen LogP contribution in [-0.4, -0.2) is 17.7 Å². The molecular formula is C29H23ClN2O3S. The average Bonchev–Trinajstić information content (AvgIpc) is 3.24. The van der Waals surface area contributed by atoms with Crippen LogP contribution in [0.25, 0.3) is 16.8 Å². The van der Waals surface area contributed by atoms with Crippen LogP contribution >= 0.6 is 23.4 Å². The molecule has 4 aromatic carbocycles. The lowest BCUT2D eigenvalue weighted by Crippen LogP contribution is -2.19. The number of hydrogen-bond acceptors (Lipinski definition) is 5. The van der Waals surface area contributed by atoms with Gasteiger partial charge in [0, 0.05) is 10.6 Å². The first-order valence-electron chi connectivity index (χ1n) is 11.5. The zero-order valence-electron chi connectivity index (χ0n) is 19.5. The molecule has 180 valence electrons. The molecule has 1 heterocycles. The summed E-state index contributed by atoms with van der Waals surface area (Å²) in [5, 5.41) is 6.14. The van der Waals surface area contributed by atoms with Gasteiger partial charge in [-0.1, -0.05) is 54.1 Å². The predicted molar refractivity (Wildman–Crippen MR) is 148 cm³/mol. The Kier molecular flexibility index (Phi) is 7.26. The van der Waals surface area contributed by atoms with Crippen LogP contribution in [0.2, 0.25) is 5.02 Å². The lowest BCUT2D eigenvalue weighted by Gasteiger charge is -2.13. The fourth-order valence-corrected chi connectivity index (χ4v) is 4.75. The number of fused-ring (bicyclic) bond motifs is 1. The number of hydrogen-bond donors (Lipinski definition) is 1. The molecule has 1 saturated heterocycles. The molecule has 4 aromatic rings. The molecule has 1 fully saturated rings. The Balaban J connectivity index is 1.43. The number of amides is 1. The highest BCUT2D eigenvalue weighted by atomic mass is 35.5. The first-order chi connectivity index (χ1) is 17.6. The number of amidine groups is 1. The van der Waals surface area contributed by atoms with Gasteiger partial charge in [0.2, 0.25) is 0 Å². The summed E-state index contributed by atoms with van der Waals surface area (Å²) < 4.78 is 11.7. The van der Waals surface area contributed by atoms with Crippen LogP contribution < -0.4 is 14.8 Å². The van der Waals surface area contributed by atoms with Crippen LogP contribution in [0.15, 0.2) is 94.8 Å². The molecule has 0 aliphatic carbocycles. The second-order valence-electron chi connectivity index (χ2n) is 8.02. The van der Waals surface area contributed by atoms with Crippen molar-refractivity contribution in [3.63, 3.8) is 0 Å². The summed E-state index contributed by atoms with van der Waals surface area (Å²) in [6.45, 7) is 2.93. The zero-order valence-corrected chi connectivity index (χ0v) is 21.1. The highest BCUT2D eigenvalue weighted by Crippen LogP contribution is 2.35. The van der Waals surface area contributed by atoms with Crippen molar-refractivity contribution in [2.24, 2.45) is 4.99 Å². The third kappa shape index (κ3) is 5.56. The summed E-state index contributed by atoms with van der Waals surface area (Å²) in [5.74, 6) is 1.29. The molecule has 0 radical (unpaired) electrons.